The Labute approximate surface area is 120 Å². The lowest BCUT2D eigenvalue weighted by Gasteiger charge is -2.15. The van der Waals surface area contributed by atoms with Crippen LogP contribution in [0.1, 0.15) is 19.4 Å². The molecule has 0 aliphatic carbocycles. The fourth-order valence-electron chi connectivity index (χ4n) is 1.76. The van der Waals surface area contributed by atoms with E-state index in [2.05, 4.69) is 17.0 Å². The van der Waals surface area contributed by atoms with Gasteiger partial charge in [-0.2, -0.15) is 11.8 Å². The van der Waals surface area contributed by atoms with E-state index in [4.69, 9.17) is 0 Å². The van der Waals surface area contributed by atoms with Crippen molar-refractivity contribution < 1.29 is 8.42 Å². The molecule has 0 heterocycles. The molecule has 0 aromatic heterocycles. The number of sulfonamides is 1. The average molecular weight is 302 g/mol. The van der Waals surface area contributed by atoms with Gasteiger partial charge in [0.15, 0.2) is 0 Å². The standard InChI is InChI=1S/C13H22N2O2S2/c1-4-18-10-11(2)15-19(16,17)13-8-6-5-7-12(13)9-14-3/h5-8,11,14-15H,4,9-10H2,1-3H3. The second kappa shape index (κ2) is 7.89. The highest BCUT2D eigenvalue weighted by Crippen LogP contribution is 2.16. The van der Waals surface area contributed by atoms with Crippen LogP contribution >= 0.6 is 11.8 Å². The lowest BCUT2D eigenvalue weighted by Crippen LogP contribution is -2.35. The molecule has 1 aromatic carbocycles. The summed E-state index contributed by atoms with van der Waals surface area (Å²) in [5.74, 6) is 1.77. The van der Waals surface area contributed by atoms with Crippen LogP contribution in [0.15, 0.2) is 29.2 Å². The smallest absolute Gasteiger partial charge is 0.241 e. The monoisotopic (exact) mass is 302 g/mol. The topological polar surface area (TPSA) is 58.2 Å². The first kappa shape index (κ1) is 16.5. The number of thioether (sulfide) groups is 1. The molecule has 0 radical (unpaired) electrons. The Hall–Kier alpha value is -0.560. The van der Waals surface area contributed by atoms with E-state index in [1.165, 1.54) is 0 Å². The molecule has 6 heteroatoms. The maximum absolute atomic E-state index is 12.4. The molecule has 1 unspecified atom stereocenters. The molecule has 1 atom stereocenters. The van der Waals surface area contributed by atoms with Crippen LogP contribution < -0.4 is 10.0 Å². The molecule has 0 fully saturated rings. The molecule has 0 aliphatic heterocycles. The first-order valence-corrected chi connectivity index (χ1v) is 8.97. The molecule has 1 aromatic rings. The first-order valence-electron chi connectivity index (χ1n) is 6.33. The summed E-state index contributed by atoms with van der Waals surface area (Å²) in [5.41, 5.74) is 0.785. The highest BCUT2D eigenvalue weighted by molar-refractivity contribution is 7.99. The molecule has 0 spiro atoms. The van der Waals surface area contributed by atoms with Crippen LogP contribution in [0.3, 0.4) is 0 Å². The molecule has 0 bridgehead atoms. The molecule has 0 amide bonds. The zero-order valence-corrected chi connectivity index (χ0v) is 13.3. The van der Waals surface area contributed by atoms with Crippen molar-refractivity contribution >= 4 is 21.8 Å². The summed E-state index contributed by atoms with van der Waals surface area (Å²) in [6.45, 7) is 4.49. The van der Waals surface area contributed by atoms with E-state index in [1.807, 2.05) is 19.1 Å². The zero-order valence-electron chi connectivity index (χ0n) is 11.6. The van der Waals surface area contributed by atoms with E-state index in [0.717, 1.165) is 17.1 Å². The van der Waals surface area contributed by atoms with Crippen LogP contribution in [-0.4, -0.2) is 33.0 Å². The van der Waals surface area contributed by atoms with E-state index in [9.17, 15) is 8.42 Å². The largest absolute Gasteiger partial charge is 0.316 e. The van der Waals surface area contributed by atoms with Crippen LogP contribution in [0.2, 0.25) is 0 Å². The molecule has 4 nitrogen and oxygen atoms in total. The number of benzene rings is 1. The van der Waals surface area contributed by atoms with Crippen molar-refractivity contribution in [3.05, 3.63) is 29.8 Å². The van der Waals surface area contributed by atoms with Crippen molar-refractivity contribution in [1.82, 2.24) is 10.0 Å². The quantitative estimate of drug-likeness (QED) is 0.769. The number of hydrogen-bond acceptors (Lipinski definition) is 4. The van der Waals surface area contributed by atoms with Crippen molar-refractivity contribution in [2.24, 2.45) is 0 Å². The van der Waals surface area contributed by atoms with Gasteiger partial charge in [0.1, 0.15) is 0 Å². The average Bonchev–Trinajstić information content (AvgIpc) is 2.37. The third-order valence-corrected chi connectivity index (χ3v) is 5.39. The fraction of sp³-hybridized carbons (Fsp3) is 0.538. The van der Waals surface area contributed by atoms with Gasteiger partial charge in [-0.05, 0) is 31.4 Å². The summed E-state index contributed by atoms with van der Waals surface area (Å²) < 4.78 is 27.4. The molecule has 0 aliphatic rings. The van der Waals surface area contributed by atoms with Crippen molar-refractivity contribution in [3.63, 3.8) is 0 Å². The van der Waals surface area contributed by atoms with Crippen LogP contribution in [0.25, 0.3) is 0 Å². The zero-order chi connectivity index (χ0) is 14.3. The Kier molecular flexibility index (Phi) is 6.85. The van der Waals surface area contributed by atoms with Gasteiger partial charge in [0.25, 0.3) is 0 Å². The van der Waals surface area contributed by atoms with Gasteiger partial charge in [0, 0.05) is 18.3 Å². The Morgan fingerprint density at radius 3 is 2.63 bits per heavy atom. The van der Waals surface area contributed by atoms with Crippen molar-refractivity contribution in [1.29, 1.82) is 0 Å². The van der Waals surface area contributed by atoms with Gasteiger partial charge in [0.2, 0.25) is 10.0 Å². The van der Waals surface area contributed by atoms with Gasteiger partial charge in [-0.25, -0.2) is 13.1 Å². The summed E-state index contributed by atoms with van der Waals surface area (Å²) in [6, 6.07) is 7.00. The lowest BCUT2D eigenvalue weighted by molar-refractivity contribution is 0.569. The summed E-state index contributed by atoms with van der Waals surface area (Å²) in [6.07, 6.45) is 0. The van der Waals surface area contributed by atoms with Crippen LogP contribution in [0.5, 0.6) is 0 Å². The second-order valence-electron chi connectivity index (χ2n) is 4.32. The van der Waals surface area contributed by atoms with E-state index >= 15 is 0 Å². The van der Waals surface area contributed by atoms with E-state index < -0.39 is 10.0 Å². The van der Waals surface area contributed by atoms with Crippen molar-refractivity contribution in [2.75, 3.05) is 18.6 Å². The highest BCUT2D eigenvalue weighted by atomic mass is 32.2. The van der Waals surface area contributed by atoms with E-state index in [1.54, 1.807) is 30.9 Å². The Balaban J connectivity index is 2.88. The molecule has 2 N–H and O–H groups in total. The molecule has 1 rings (SSSR count). The predicted octanol–water partition coefficient (Wildman–Crippen LogP) is 1.83. The van der Waals surface area contributed by atoms with Gasteiger partial charge in [-0.15, -0.1) is 0 Å². The van der Waals surface area contributed by atoms with Crippen molar-refractivity contribution in [3.8, 4) is 0 Å². The van der Waals surface area contributed by atoms with Crippen LogP contribution in [-0.2, 0) is 16.6 Å². The Morgan fingerprint density at radius 2 is 2.00 bits per heavy atom. The molecular formula is C13H22N2O2S2. The molecular weight excluding hydrogens is 280 g/mol. The third-order valence-electron chi connectivity index (χ3n) is 2.56. The fourth-order valence-corrected chi connectivity index (χ4v) is 4.02. The molecule has 108 valence electrons. The summed E-state index contributed by atoms with van der Waals surface area (Å²) in [4.78, 5) is 0.359. The Morgan fingerprint density at radius 1 is 1.32 bits per heavy atom. The normalized spacial score (nSPS) is 13.4. The van der Waals surface area contributed by atoms with Gasteiger partial charge < -0.3 is 5.32 Å². The lowest BCUT2D eigenvalue weighted by atomic mass is 10.2. The number of nitrogens with one attached hydrogen (secondary N) is 2. The van der Waals surface area contributed by atoms with Crippen LogP contribution in [0.4, 0.5) is 0 Å². The van der Waals surface area contributed by atoms with E-state index in [0.29, 0.717) is 11.4 Å². The SMILES string of the molecule is CCSCC(C)NS(=O)(=O)c1ccccc1CNC. The Bertz CT molecular complexity index is 489. The molecule has 0 saturated carbocycles. The maximum atomic E-state index is 12.4. The van der Waals surface area contributed by atoms with Gasteiger partial charge >= 0.3 is 0 Å². The van der Waals surface area contributed by atoms with Gasteiger partial charge in [-0.3, -0.25) is 0 Å². The minimum Gasteiger partial charge on any atom is -0.316 e. The van der Waals surface area contributed by atoms with E-state index in [-0.39, 0.29) is 6.04 Å². The second-order valence-corrected chi connectivity index (χ2v) is 7.32. The molecule has 0 saturated heterocycles. The van der Waals surface area contributed by atoms with Crippen LogP contribution in [0, 0.1) is 0 Å². The van der Waals surface area contributed by atoms with Gasteiger partial charge in [-0.1, -0.05) is 25.1 Å². The summed E-state index contributed by atoms with van der Waals surface area (Å²) in [7, 11) is -1.64. The predicted molar refractivity (Wildman–Crippen MR) is 82.0 cm³/mol. The minimum atomic E-state index is -3.45. The number of hydrogen-bond donors (Lipinski definition) is 2. The maximum Gasteiger partial charge on any atom is 0.241 e. The highest BCUT2D eigenvalue weighted by Gasteiger charge is 2.19. The first-order chi connectivity index (χ1) is 9.01. The summed E-state index contributed by atoms with van der Waals surface area (Å²) >= 11 is 1.73. The molecule has 19 heavy (non-hydrogen) atoms. The number of rotatable bonds is 8. The third kappa shape index (κ3) is 5.14. The van der Waals surface area contributed by atoms with Crippen molar-refractivity contribution in [2.45, 2.75) is 31.3 Å². The summed E-state index contributed by atoms with van der Waals surface area (Å²) in [5, 5.41) is 2.99. The van der Waals surface area contributed by atoms with Gasteiger partial charge in [0.05, 0.1) is 4.90 Å². The minimum absolute atomic E-state index is 0.0717.